The van der Waals surface area contributed by atoms with Crippen LogP contribution in [-0.2, 0) is 16.1 Å². The molecule has 0 bridgehead atoms. The van der Waals surface area contributed by atoms with Gasteiger partial charge in [0.25, 0.3) is 0 Å². The zero-order valence-electron chi connectivity index (χ0n) is 12.0. The van der Waals surface area contributed by atoms with Crippen LogP contribution in [0.2, 0.25) is 10.0 Å². The van der Waals surface area contributed by atoms with E-state index < -0.39 is 12.6 Å². The van der Waals surface area contributed by atoms with Crippen LogP contribution >= 0.6 is 23.2 Å². The molecule has 0 atom stereocenters. The van der Waals surface area contributed by atoms with E-state index in [2.05, 4.69) is 10.1 Å². The highest BCUT2D eigenvalue weighted by Gasteiger charge is 2.15. The van der Waals surface area contributed by atoms with E-state index in [9.17, 15) is 18.4 Å². The number of amides is 1. The average molecular weight is 370 g/mol. The quantitative estimate of drug-likeness (QED) is 0.648. The van der Waals surface area contributed by atoms with Crippen LogP contribution in [0.25, 0.3) is 0 Å². The third kappa shape index (κ3) is 7.47. The maximum absolute atomic E-state index is 12.4. The molecule has 0 fully saturated rings. The van der Waals surface area contributed by atoms with Crippen LogP contribution in [0.4, 0.5) is 8.78 Å². The number of aliphatic carboxylic acids is 1. The third-order valence-corrected chi connectivity index (χ3v) is 3.31. The summed E-state index contributed by atoms with van der Waals surface area (Å²) in [5.41, 5.74) is 0.224. The Balaban J connectivity index is 2.59. The first kappa shape index (κ1) is 19.4. The number of carboxylic acid groups (broad SMARTS) is 1. The summed E-state index contributed by atoms with van der Waals surface area (Å²) in [6.07, 6.45) is 0.913. The molecule has 0 heterocycles. The molecular weight excluding hydrogens is 355 g/mol. The molecule has 0 spiro atoms. The zero-order chi connectivity index (χ0) is 17.4. The molecule has 2 N–H and O–H groups in total. The van der Waals surface area contributed by atoms with Gasteiger partial charge >= 0.3 is 12.6 Å². The number of alkyl halides is 2. The Kier molecular flexibility index (Phi) is 8.05. The molecule has 0 aliphatic rings. The minimum Gasteiger partial charge on any atom is -0.481 e. The largest absolute Gasteiger partial charge is 0.481 e. The van der Waals surface area contributed by atoms with Gasteiger partial charge in [-0.25, -0.2) is 0 Å². The highest BCUT2D eigenvalue weighted by Crippen LogP contribution is 2.33. The molecule has 0 saturated heterocycles. The lowest BCUT2D eigenvalue weighted by atomic mass is 10.1. The Labute approximate surface area is 141 Å². The lowest BCUT2D eigenvalue weighted by Crippen LogP contribution is -2.23. The fraction of sp³-hybridized carbons (Fsp3) is 0.429. The first-order valence-electron chi connectivity index (χ1n) is 6.70. The summed E-state index contributed by atoms with van der Waals surface area (Å²) >= 11 is 11.6. The van der Waals surface area contributed by atoms with Crippen molar-refractivity contribution in [2.45, 2.75) is 38.8 Å². The number of carbonyl (C=O) groups excluding carboxylic acids is 1. The summed E-state index contributed by atoms with van der Waals surface area (Å²) in [5.74, 6) is -1.50. The maximum atomic E-state index is 12.4. The Morgan fingerprint density at radius 2 is 1.87 bits per heavy atom. The van der Waals surface area contributed by atoms with Gasteiger partial charge in [0.15, 0.2) is 0 Å². The van der Waals surface area contributed by atoms with E-state index in [0.29, 0.717) is 12.8 Å². The molecule has 0 radical (unpaired) electrons. The molecule has 0 aliphatic carbocycles. The van der Waals surface area contributed by atoms with Crippen molar-refractivity contribution in [3.63, 3.8) is 0 Å². The zero-order valence-corrected chi connectivity index (χ0v) is 13.5. The molecule has 0 aliphatic heterocycles. The Morgan fingerprint density at radius 1 is 1.22 bits per heavy atom. The Bertz CT molecular complexity index is 570. The molecule has 23 heavy (non-hydrogen) atoms. The minimum atomic E-state index is -3.06. The van der Waals surface area contributed by atoms with Crippen LogP contribution in [0.5, 0.6) is 5.75 Å². The van der Waals surface area contributed by atoms with Crippen LogP contribution in [0.1, 0.15) is 31.2 Å². The number of halogens is 4. The fourth-order valence-corrected chi connectivity index (χ4v) is 2.39. The molecule has 5 nitrogen and oxygen atoms in total. The van der Waals surface area contributed by atoms with Crippen molar-refractivity contribution in [1.82, 2.24) is 5.32 Å². The lowest BCUT2D eigenvalue weighted by Gasteiger charge is -2.13. The molecule has 1 rings (SSSR count). The van der Waals surface area contributed by atoms with E-state index >= 15 is 0 Å². The van der Waals surface area contributed by atoms with Crippen molar-refractivity contribution in [3.05, 3.63) is 27.7 Å². The summed E-state index contributed by atoms with van der Waals surface area (Å²) < 4.78 is 29.2. The molecular formula is C14H15Cl2F2NO4. The number of carboxylic acids is 1. The van der Waals surface area contributed by atoms with E-state index in [4.69, 9.17) is 28.3 Å². The standard InChI is InChI=1S/C14H15Cl2F2NO4/c15-9-5-8(13(10(16)6-9)23-14(17)18)7-19-11(20)3-1-2-4-12(21)22/h5-6,14H,1-4,7H2,(H,19,20)(H,21,22). The van der Waals surface area contributed by atoms with Gasteiger partial charge in [-0.2, -0.15) is 8.78 Å². The number of rotatable bonds is 9. The highest BCUT2D eigenvalue weighted by atomic mass is 35.5. The third-order valence-electron chi connectivity index (χ3n) is 2.81. The van der Waals surface area contributed by atoms with Gasteiger partial charge in [0.2, 0.25) is 5.91 Å². The van der Waals surface area contributed by atoms with E-state index in [1.54, 1.807) is 0 Å². The smallest absolute Gasteiger partial charge is 0.387 e. The van der Waals surface area contributed by atoms with Crippen LogP contribution in [0.15, 0.2) is 12.1 Å². The predicted octanol–water partition coefficient (Wildman–Crippen LogP) is 3.86. The molecule has 1 aromatic rings. The highest BCUT2D eigenvalue weighted by molar-refractivity contribution is 6.35. The number of unbranched alkanes of at least 4 members (excludes halogenated alkanes) is 1. The molecule has 1 amide bonds. The van der Waals surface area contributed by atoms with Crippen molar-refractivity contribution in [1.29, 1.82) is 0 Å². The SMILES string of the molecule is O=C(O)CCCCC(=O)NCc1cc(Cl)cc(Cl)c1OC(F)F. The van der Waals surface area contributed by atoms with Gasteiger partial charge < -0.3 is 15.2 Å². The first-order chi connectivity index (χ1) is 10.8. The van der Waals surface area contributed by atoms with Crippen molar-refractivity contribution in [2.75, 3.05) is 0 Å². The monoisotopic (exact) mass is 369 g/mol. The van der Waals surface area contributed by atoms with Gasteiger partial charge in [-0.05, 0) is 25.0 Å². The van der Waals surface area contributed by atoms with Gasteiger partial charge in [0.1, 0.15) is 5.75 Å². The number of ether oxygens (including phenoxy) is 1. The van der Waals surface area contributed by atoms with E-state index in [0.717, 1.165) is 0 Å². The van der Waals surface area contributed by atoms with Gasteiger partial charge in [0.05, 0.1) is 5.02 Å². The van der Waals surface area contributed by atoms with Crippen LogP contribution < -0.4 is 10.1 Å². The summed E-state index contributed by atoms with van der Waals surface area (Å²) in [7, 11) is 0. The van der Waals surface area contributed by atoms with E-state index in [1.165, 1.54) is 12.1 Å². The maximum Gasteiger partial charge on any atom is 0.387 e. The lowest BCUT2D eigenvalue weighted by molar-refractivity contribution is -0.137. The normalized spacial score (nSPS) is 10.7. The first-order valence-corrected chi connectivity index (χ1v) is 7.46. The van der Waals surface area contributed by atoms with E-state index in [1.807, 2.05) is 0 Å². The number of carbonyl (C=O) groups is 2. The van der Waals surface area contributed by atoms with Crippen molar-refractivity contribution >= 4 is 35.1 Å². The summed E-state index contributed by atoms with van der Waals surface area (Å²) in [6, 6.07) is 2.63. The minimum absolute atomic E-state index is 0.0104. The van der Waals surface area contributed by atoms with Crippen LogP contribution in [0, 0.1) is 0 Å². The average Bonchev–Trinajstić information content (AvgIpc) is 2.44. The molecule has 0 unspecified atom stereocenters. The van der Waals surface area contributed by atoms with Crippen LogP contribution in [-0.4, -0.2) is 23.6 Å². The molecule has 128 valence electrons. The van der Waals surface area contributed by atoms with Gasteiger partial charge in [-0.3, -0.25) is 9.59 Å². The molecule has 0 saturated carbocycles. The summed E-state index contributed by atoms with van der Waals surface area (Å²) in [6.45, 7) is -3.14. The predicted molar refractivity (Wildman–Crippen MR) is 81.0 cm³/mol. The molecule has 9 heteroatoms. The fourth-order valence-electron chi connectivity index (χ4n) is 1.81. The van der Waals surface area contributed by atoms with Gasteiger partial charge in [-0.1, -0.05) is 23.2 Å². The van der Waals surface area contributed by atoms with Crippen molar-refractivity contribution in [3.8, 4) is 5.75 Å². The number of hydrogen-bond donors (Lipinski definition) is 2. The van der Waals surface area contributed by atoms with Crippen LogP contribution in [0.3, 0.4) is 0 Å². The van der Waals surface area contributed by atoms with E-state index in [-0.39, 0.29) is 46.7 Å². The number of nitrogens with one attached hydrogen (secondary N) is 1. The number of hydrogen-bond acceptors (Lipinski definition) is 3. The van der Waals surface area contributed by atoms with Gasteiger partial charge in [-0.15, -0.1) is 0 Å². The second-order valence-electron chi connectivity index (χ2n) is 4.63. The summed E-state index contributed by atoms with van der Waals surface area (Å²) in [4.78, 5) is 22.0. The topological polar surface area (TPSA) is 75.6 Å². The number of benzene rings is 1. The Morgan fingerprint density at radius 3 is 2.48 bits per heavy atom. The molecule has 0 aromatic heterocycles. The second kappa shape index (κ2) is 9.52. The van der Waals surface area contributed by atoms with Gasteiger partial charge in [0, 0.05) is 30.0 Å². The van der Waals surface area contributed by atoms with Crippen molar-refractivity contribution < 1.29 is 28.2 Å². The molecule has 1 aromatic carbocycles. The second-order valence-corrected chi connectivity index (χ2v) is 5.48. The Hall–Kier alpha value is -1.60. The van der Waals surface area contributed by atoms with Crippen molar-refractivity contribution in [2.24, 2.45) is 0 Å². The summed E-state index contributed by atoms with van der Waals surface area (Å²) in [5, 5.41) is 11.2.